The van der Waals surface area contributed by atoms with Gasteiger partial charge < -0.3 is 14.4 Å². The van der Waals surface area contributed by atoms with Crippen molar-refractivity contribution in [2.75, 3.05) is 32.9 Å². The van der Waals surface area contributed by atoms with Gasteiger partial charge in [0, 0.05) is 13.1 Å². The van der Waals surface area contributed by atoms with E-state index in [1.165, 1.54) is 0 Å². The zero-order valence-corrected chi connectivity index (χ0v) is 10.2. The number of ether oxygens (including phenoxy) is 2. The van der Waals surface area contributed by atoms with Crippen molar-refractivity contribution in [3.05, 3.63) is 12.2 Å². The van der Waals surface area contributed by atoms with Crippen LogP contribution in [0, 0.1) is 5.41 Å². The van der Waals surface area contributed by atoms with Gasteiger partial charge in [-0.05, 0) is 19.7 Å². The van der Waals surface area contributed by atoms with Gasteiger partial charge in [0.2, 0.25) is 0 Å². The van der Waals surface area contributed by atoms with E-state index >= 15 is 0 Å². The minimum absolute atomic E-state index is 0.253. The molecule has 1 fully saturated rings. The highest BCUT2D eigenvalue weighted by Crippen LogP contribution is 2.01. The number of morpholine rings is 1. The number of hydrogen-bond acceptors (Lipinski definition) is 5. The maximum absolute atomic E-state index is 7.92. The van der Waals surface area contributed by atoms with E-state index in [0.717, 1.165) is 0 Å². The lowest BCUT2D eigenvalue weighted by Gasteiger charge is -2.28. The Bertz CT molecular complexity index is 286. The number of hydrogen-bond donors (Lipinski definition) is 2. The molecule has 0 spiro atoms. The van der Waals surface area contributed by atoms with Gasteiger partial charge in [0.1, 0.15) is 6.61 Å². The molecule has 0 bridgehead atoms. The number of nitrogens with zero attached hydrogens (tertiary/aromatic N) is 2. The minimum Gasteiger partial charge on any atom is -0.470 e. The Labute approximate surface area is 101 Å². The van der Waals surface area contributed by atoms with Crippen molar-refractivity contribution >= 4 is 24.5 Å². The molecule has 0 aliphatic carbocycles. The Kier molecular flexibility index (Phi) is 5.95. The van der Waals surface area contributed by atoms with E-state index in [2.05, 4.69) is 17.2 Å². The average Bonchev–Trinajstić information content (AvgIpc) is 2.35. The summed E-state index contributed by atoms with van der Waals surface area (Å²) in [6.45, 7) is 4.97. The molecule has 0 radical (unpaired) electrons. The van der Waals surface area contributed by atoms with Crippen LogP contribution in [0.15, 0.2) is 16.5 Å². The fourth-order valence-electron chi connectivity index (χ4n) is 1.29. The highest BCUT2D eigenvalue weighted by molar-refractivity contribution is 7.79. The molecule has 1 N–H and O–H groups in total. The molecule has 16 heavy (non-hydrogen) atoms. The fourth-order valence-corrected chi connectivity index (χ4v) is 1.44. The van der Waals surface area contributed by atoms with Crippen molar-refractivity contribution in [2.24, 2.45) is 4.40 Å². The number of allylic oxidation sites excluding steroid dienone is 1. The summed E-state index contributed by atoms with van der Waals surface area (Å²) in [6.07, 6.45) is 3.74. The smallest absolute Gasteiger partial charge is 0.264 e. The number of rotatable bonds is 2. The fraction of sp³-hybridized carbons (Fsp3) is 0.600. The molecule has 5 nitrogen and oxygen atoms in total. The van der Waals surface area contributed by atoms with Crippen LogP contribution in [-0.4, -0.2) is 49.5 Å². The van der Waals surface area contributed by atoms with Crippen molar-refractivity contribution in [1.29, 1.82) is 5.41 Å². The Morgan fingerprint density at radius 3 is 2.81 bits per heavy atom. The number of nitrogens with one attached hydrogen (secondary N) is 1. The number of amidine groups is 1. The second-order valence-corrected chi connectivity index (χ2v) is 3.43. The Morgan fingerprint density at radius 1 is 1.56 bits per heavy atom. The summed E-state index contributed by atoms with van der Waals surface area (Å²) in [7, 11) is 0. The normalized spacial score (nSPS) is 17.9. The van der Waals surface area contributed by atoms with E-state index in [9.17, 15) is 0 Å². The van der Waals surface area contributed by atoms with E-state index < -0.39 is 0 Å². The molecule has 0 aromatic rings. The quantitative estimate of drug-likeness (QED) is 0.331. The predicted molar refractivity (Wildman–Crippen MR) is 67.3 cm³/mol. The van der Waals surface area contributed by atoms with E-state index in [4.69, 9.17) is 14.9 Å². The van der Waals surface area contributed by atoms with Crippen LogP contribution in [0.3, 0.4) is 0 Å². The predicted octanol–water partition coefficient (Wildman–Crippen LogP) is 1.13. The van der Waals surface area contributed by atoms with E-state index in [1.807, 2.05) is 24.0 Å². The standard InChI is InChI=1S/C10H17N3O2S/c1-2-3-6-15-10(12-16)9(11)13-4-7-14-8-5-13/h2-3,11,16H,4-8H2,1H3/b3-2+,11-9?,12-10+. The van der Waals surface area contributed by atoms with Crippen LogP contribution in [0.1, 0.15) is 6.92 Å². The minimum atomic E-state index is 0.253. The third kappa shape index (κ3) is 3.86. The molecular formula is C10H17N3O2S. The lowest BCUT2D eigenvalue weighted by atomic mass is 10.4. The van der Waals surface area contributed by atoms with Crippen molar-refractivity contribution in [2.45, 2.75) is 6.92 Å². The van der Waals surface area contributed by atoms with Gasteiger partial charge in [-0.1, -0.05) is 12.2 Å². The lowest BCUT2D eigenvalue weighted by molar-refractivity contribution is 0.0680. The first-order valence-electron chi connectivity index (χ1n) is 5.17. The highest BCUT2D eigenvalue weighted by Gasteiger charge is 2.19. The van der Waals surface area contributed by atoms with Gasteiger partial charge in [-0.3, -0.25) is 5.41 Å². The summed E-state index contributed by atoms with van der Waals surface area (Å²) in [4.78, 5) is 1.87. The molecule has 6 heteroatoms. The molecular weight excluding hydrogens is 226 g/mol. The van der Waals surface area contributed by atoms with E-state index in [0.29, 0.717) is 32.9 Å². The van der Waals surface area contributed by atoms with Crippen LogP contribution in [0.4, 0.5) is 0 Å². The third-order valence-corrected chi connectivity index (χ3v) is 2.35. The maximum atomic E-state index is 7.92. The van der Waals surface area contributed by atoms with Crippen molar-refractivity contribution < 1.29 is 9.47 Å². The second kappa shape index (κ2) is 7.29. The van der Waals surface area contributed by atoms with E-state index in [-0.39, 0.29) is 11.7 Å². The zero-order chi connectivity index (χ0) is 11.8. The van der Waals surface area contributed by atoms with Crippen molar-refractivity contribution in [3.8, 4) is 0 Å². The van der Waals surface area contributed by atoms with Gasteiger partial charge in [0.15, 0.2) is 5.84 Å². The molecule has 0 aromatic heterocycles. The van der Waals surface area contributed by atoms with Crippen LogP contribution in [0.5, 0.6) is 0 Å². The van der Waals surface area contributed by atoms with Gasteiger partial charge in [0.25, 0.3) is 5.90 Å². The molecule has 0 atom stereocenters. The summed E-state index contributed by atoms with van der Waals surface area (Å²) < 4.78 is 14.2. The van der Waals surface area contributed by atoms with Crippen LogP contribution < -0.4 is 0 Å². The van der Waals surface area contributed by atoms with Crippen LogP contribution >= 0.6 is 12.8 Å². The summed E-state index contributed by atoms with van der Waals surface area (Å²) in [6, 6.07) is 0. The van der Waals surface area contributed by atoms with Crippen molar-refractivity contribution in [1.82, 2.24) is 4.90 Å². The Hall–Kier alpha value is -1.01. The van der Waals surface area contributed by atoms with Crippen LogP contribution in [0.25, 0.3) is 0 Å². The largest absolute Gasteiger partial charge is 0.470 e. The first kappa shape index (κ1) is 13.1. The number of thiol groups is 1. The first-order valence-corrected chi connectivity index (χ1v) is 5.57. The van der Waals surface area contributed by atoms with E-state index in [1.54, 1.807) is 0 Å². The van der Waals surface area contributed by atoms with Gasteiger partial charge >= 0.3 is 0 Å². The molecule has 90 valence electrons. The molecule has 0 saturated carbocycles. The summed E-state index contributed by atoms with van der Waals surface area (Å²) in [5.74, 6) is 0.520. The summed E-state index contributed by atoms with van der Waals surface area (Å²) in [5.41, 5.74) is 0. The maximum Gasteiger partial charge on any atom is 0.264 e. The van der Waals surface area contributed by atoms with Gasteiger partial charge in [-0.15, -0.1) is 0 Å². The van der Waals surface area contributed by atoms with Gasteiger partial charge in [-0.25, -0.2) is 0 Å². The lowest BCUT2D eigenvalue weighted by Crippen LogP contribution is -2.44. The topological polar surface area (TPSA) is 57.9 Å². The SMILES string of the molecule is C/C=C/CO/C(=N/S)C(=N)N1CCOCC1. The molecule has 0 aromatic carbocycles. The molecule has 1 heterocycles. The highest BCUT2D eigenvalue weighted by atomic mass is 32.1. The third-order valence-electron chi connectivity index (χ3n) is 2.17. The average molecular weight is 243 g/mol. The van der Waals surface area contributed by atoms with Gasteiger partial charge in [-0.2, -0.15) is 4.40 Å². The van der Waals surface area contributed by atoms with Gasteiger partial charge in [0.05, 0.1) is 13.2 Å². The molecule has 0 unspecified atom stereocenters. The molecule has 1 aliphatic rings. The van der Waals surface area contributed by atoms with Crippen LogP contribution in [-0.2, 0) is 9.47 Å². The van der Waals surface area contributed by atoms with Crippen LogP contribution in [0.2, 0.25) is 0 Å². The zero-order valence-electron chi connectivity index (χ0n) is 9.35. The molecule has 1 saturated heterocycles. The first-order chi connectivity index (χ1) is 7.79. The Balaban J connectivity index is 2.48. The second-order valence-electron chi connectivity index (χ2n) is 3.23. The summed E-state index contributed by atoms with van der Waals surface area (Å²) in [5, 5.41) is 7.92. The monoisotopic (exact) mass is 243 g/mol. The van der Waals surface area contributed by atoms with Crippen molar-refractivity contribution in [3.63, 3.8) is 0 Å². The summed E-state index contributed by atoms with van der Waals surface area (Å²) >= 11 is 3.82. The molecule has 0 amide bonds. The Morgan fingerprint density at radius 2 is 2.25 bits per heavy atom. The molecule has 1 rings (SSSR count). The molecule has 1 aliphatic heterocycles.